The van der Waals surface area contributed by atoms with Crippen LogP contribution in [0.3, 0.4) is 0 Å². The number of halogens is 1. The number of amides is 1. The summed E-state index contributed by atoms with van der Waals surface area (Å²) < 4.78 is 0. The van der Waals surface area contributed by atoms with Crippen molar-refractivity contribution in [2.45, 2.75) is 25.8 Å². The van der Waals surface area contributed by atoms with Crippen LogP contribution >= 0.6 is 11.6 Å². The quantitative estimate of drug-likeness (QED) is 0.933. The molecule has 1 amide bonds. The number of hydrogen-bond donors (Lipinski definition) is 1. The van der Waals surface area contributed by atoms with Gasteiger partial charge in [0.1, 0.15) is 5.82 Å². The Morgan fingerprint density at radius 3 is 2.57 bits per heavy atom. The van der Waals surface area contributed by atoms with Gasteiger partial charge in [-0.1, -0.05) is 29.8 Å². The molecule has 120 valence electrons. The maximum Gasteiger partial charge on any atom is 0.274 e. The van der Waals surface area contributed by atoms with Crippen molar-refractivity contribution in [1.82, 2.24) is 15.1 Å². The fourth-order valence-corrected chi connectivity index (χ4v) is 2.83. The van der Waals surface area contributed by atoms with E-state index in [1.807, 2.05) is 29.2 Å². The van der Waals surface area contributed by atoms with Crippen LogP contribution in [0.2, 0.25) is 5.02 Å². The molecule has 1 aromatic carbocycles. The van der Waals surface area contributed by atoms with Gasteiger partial charge in [0.15, 0.2) is 5.69 Å². The molecule has 0 aliphatic carbocycles. The van der Waals surface area contributed by atoms with Crippen LogP contribution in [-0.4, -0.2) is 34.1 Å². The fourth-order valence-electron chi connectivity index (χ4n) is 2.63. The van der Waals surface area contributed by atoms with Crippen molar-refractivity contribution < 1.29 is 4.79 Å². The summed E-state index contributed by atoms with van der Waals surface area (Å²) >= 11 is 6.12. The molecule has 1 N–H and O–H groups in total. The van der Waals surface area contributed by atoms with Crippen molar-refractivity contribution in [1.29, 1.82) is 0 Å². The van der Waals surface area contributed by atoms with Crippen molar-refractivity contribution in [2.24, 2.45) is 0 Å². The Labute approximate surface area is 140 Å². The van der Waals surface area contributed by atoms with Crippen LogP contribution < -0.4 is 5.32 Å². The molecule has 1 aromatic heterocycles. The Hall–Kier alpha value is -2.14. The molecule has 1 saturated heterocycles. The largest absolute Gasteiger partial charge is 0.364 e. The first-order valence-electron chi connectivity index (χ1n) is 7.84. The maximum atomic E-state index is 12.3. The van der Waals surface area contributed by atoms with Crippen LogP contribution in [0.1, 0.15) is 35.3 Å². The van der Waals surface area contributed by atoms with Crippen molar-refractivity contribution >= 4 is 23.3 Å². The van der Waals surface area contributed by atoms with Gasteiger partial charge in [0.05, 0.1) is 0 Å². The summed E-state index contributed by atoms with van der Waals surface area (Å²) in [5, 5.41) is 12.0. The highest BCUT2D eigenvalue weighted by atomic mass is 35.5. The second-order valence-corrected chi connectivity index (χ2v) is 6.01. The Kier molecular flexibility index (Phi) is 5.08. The van der Waals surface area contributed by atoms with Crippen LogP contribution in [-0.2, 0) is 6.54 Å². The second kappa shape index (κ2) is 7.42. The van der Waals surface area contributed by atoms with E-state index in [2.05, 4.69) is 15.5 Å². The zero-order valence-corrected chi connectivity index (χ0v) is 13.6. The van der Waals surface area contributed by atoms with E-state index in [4.69, 9.17) is 11.6 Å². The Bertz CT molecular complexity index is 669. The molecule has 0 atom stereocenters. The number of carbonyl (C=O) groups is 1. The van der Waals surface area contributed by atoms with Gasteiger partial charge in [0.25, 0.3) is 5.91 Å². The van der Waals surface area contributed by atoms with E-state index in [1.54, 1.807) is 12.1 Å². The average molecular weight is 331 g/mol. The van der Waals surface area contributed by atoms with Crippen molar-refractivity contribution in [3.05, 3.63) is 52.7 Å². The summed E-state index contributed by atoms with van der Waals surface area (Å²) in [7, 11) is 0. The number of anilines is 1. The Morgan fingerprint density at radius 1 is 1.09 bits per heavy atom. The number of likely N-dealkylation sites (tertiary alicyclic amines) is 1. The number of carbonyl (C=O) groups excluding carboxylic acids is 1. The molecule has 5 nitrogen and oxygen atoms in total. The third-order valence-electron chi connectivity index (χ3n) is 3.94. The molecule has 0 spiro atoms. The van der Waals surface area contributed by atoms with Gasteiger partial charge in [-0.15, -0.1) is 10.2 Å². The van der Waals surface area contributed by atoms with Crippen molar-refractivity contribution in [2.75, 3.05) is 18.4 Å². The van der Waals surface area contributed by atoms with Crippen LogP contribution in [0.4, 0.5) is 5.82 Å². The minimum Gasteiger partial charge on any atom is -0.364 e. The first-order chi connectivity index (χ1) is 11.2. The molecule has 1 fully saturated rings. The minimum atomic E-state index is -0.0325. The van der Waals surface area contributed by atoms with Crippen LogP contribution in [0.25, 0.3) is 0 Å². The van der Waals surface area contributed by atoms with Gasteiger partial charge in [-0.3, -0.25) is 4.79 Å². The van der Waals surface area contributed by atoms with Gasteiger partial charge >= 0.3 is 0 Å². The zero-order chi connectivity index (χ0) is 16.1. The molecule has 0 unspecified atom stereocenters. The molecule has 0 saturated carbocycles. The highest BCUT2D eigenvalue weighted by molar-refractivity contribution is 6.31. The van der Waals surface area contributed by atoms with Gasteiger partial charge in [-0.2, -0.15) is 0 Å². The summed E-state index contributed by atoms with van der Waals surface area (Å²) in [5.74, 6) is 0.593. The number of benzene rings is 1. The molecule has 3 rings (SSSR count). The summed E-state index contributed by atoms with van der Waals surface area (Å²) in [5.41, 5.74) is 1.39. The number of aromatic nitrogens is 2. The SMILES string of the molecule is O=C(c1ccc(NCc2ccccc2Cl)nn1)N1CCCCC1. The first kappa shape index (κ1) is 15.7. The van der Waals surface area contributed by atoms with Gasteiger partial charge in [0.2, 0.25) is 0 Å². The van der Waals surface area contributed by atoms with Gasteiger partial charge < -0.3 is 10.2 Å². The van der Waals surface area contributed by atoms with Crippen LogP contribution in [0.5, 0.6) is 0 Å². The lowest BCUT2D eigenvalue weighted by atomic mass is 10.1. The Balaban J connectivity index is 1.60. The molecule has 2 aromatic rings. The highest BCUT2D eigenvalue weighted by Crippen LogP contribution is 2.16. The van der Waals surface area contributed by atoms with Crippen LogP contribution in [0.15, 0.2) is 36.4 Å². The second-order valence-electron chi connectivity index (χ2n) is 5.60. The summed E-state index contributed by atoms with van der Waals surface area (Å²) in [4.78, 5) is 14.2. The normalized spacial score (nSPS) is 14.6. The molecule has 6 heteroatoms. The maximum absolute atomic E-state index is 12.3. The van der Waals surface area contributed by atoms with Crippen LogP contribution in [0, 0.1) is 0 Å². The lowest BCUT2D eigenvalue weighted by Gasteiger charge is -2.26. The summed E-state index contributed by atoms with van der Waals surface area (Å²) in [6.07, 6.45) is 3.33. The number of nitrogens with zero attached hydrogens (tertiary/aromatic N) is 3. The highest BCUT2D eigenvalue weighted by Gasteiger charge is 2.19. The van der Waals surface area contributed by atoms with E-state index < -0.39 is 0 Å². The third kappa shape index (κ3) is 3.99. The van der Waals surface area contributed by atoms with E-state index in [0.717, 1.165) is 31.5 Å². The minimum absolute atomic E-state index is 0.0325. The number of hydrogen-bond acceptors (Lipinski definition) is 4. The molecule has 0 bridgehead atoms. The summed E-state index contributed by atoms with van der Waals surface area (Å²) in [6, 6.07) is 11.1. The first-order valence-corrected chi connectivity index (χ1v) is 8.22. The molecular weight excluding hydrogens is 312 g/mol. The van der Waals surface area contributed by atoms with Crippen molar-refractivity contribution in [3.63, 3.8) is 0 Å². The summed E-state index contributed by atoms with van der Waals surface area (Å²) in [6.45, 7) is 2.19. The molecule has 2 heterocycles. The number of piperidine rings is 1. The predicted octanol–water partition coefficient (Wildman–Crippen LogP) is 3.37. The lowest BCUT2D eigenvalue weighted by Crippen LogP contribution is -2.36. The van der Waals surface area contributed by atoms with E-state index in [0.29, 0.717) is 23.1 Å². The van der Waals surface area contributed by atoms with Gasteiger partial charge in [0, 0.05) is 24.7 Å². The molecule has 0 radical (unpaired) electrons. The van der Waals surface area contributed by atoms with Crippen molar-refractivity contribution in [3.8, 4) is 0 Å². The fraction of sp³-hybridized carbons (Fsp3) is 0.353. The predicted molar refractivity (Wildman–Crippen MR) is 90.6 cm³/mol. The topological polar surface area (TPSA) is 58.1 Å². The molecular formula is C17H19ClN4O. The molecule has 1 aliphatic rings. The van der Waals surface area contributed by atoms with E-state index >= 15 is 0 Å². The van der Waals surface area contributed by atoms with E-state index in [9.17, 15) is 4.79 Å². The zero-order valence-electron chi connectivity index (χ0n) is 12.8. The van der Waals surface area contributed by atoms with E-state index in [-0.39, 0.29) is 5.91 Å². The number of rotatable bonds is 4. The van der Waals surface area contributed by atoms with Gasteiger partial charge in [-0.05, 0) is 43.0 Å². The number of nitrogens with one attached hydrogen (secondary N) is 1. The molecule has 1 aliphatic heterocycles. The molecule has 23 heavy (non-hydrogen) atoms. The smallest absolute Gasteiger partial charge is 0.274 e. The Morgan fingerprint density at radius 2 is 1.87 bits per heavy atom. The monoisotopic (exact) mass is 330 g/mol. The third-order valence-corrected chi connectivity index (χ3v) is 4.31. The van der Waals surface area contributed by atoms with Gasteiger partial charge in [-0.25, -0.2) is 0 Å². The standard InChI is InChI=1S/C17H19ClN4O/c18-14-7-3-2-6-13(14)12-19-16-9-8-15(20-21-16)17(23)22-10-4-1-5-11-22/h2-3,6-9H,1,4-5,10-12H2,(H,19,21). The van der Waals surface area contributed by atoms with E-state index in [1.165, 1.54) is 6.42 Å². The lowest BCUT2D eigenvalue weighted by molar-refractivity contribution is 0.0717. The average Bonchev–Trinajstić information content (AvgIpc) is 2.62.